The number of carbonyl (C=O) groups excluding carboxylic acids is 1. The van der Waals surface area contributed by atoms with Crippen molar-refractivity contribution in [2.45, 2.75) is 32.6 Å². The smallest absolute Gasteiger partial charge is 0.239 e. The van der Waals surface area contributed by atoms with E-state index in [-0.39, 0.29) is 17.9 Å². The highest BCUT2D eigenvalue weighted by molar-refractivity contribution is 5.86. The topological polar surface area (TPSA) is 74.8 Å². The van der Waals surface area contributed by atoms with Gasteiger partial charge in [0.2, 0.25) is 5.91 Å². The molecule has 0 aliphatic heterocycles. The van der Waals surface area contributed by atoms with E-state index in [0.717, 1.165) is 6.42 Å². The molecule has 0 aliphatic rings. The highest BCUT2D eigenvalue weighted by Crippen LogP contribution is 2.22. The van der Waals surface area contributed by atoms with Crippen LogP contribution in [0.15, 0.2) is 29.3 Å². The summed E-state index contributed by atoms with van der Waals surface area (Å²) in [6, 6.07) is 8.71. The first-order chi connectivity index (χ1) is 11.9. The number of aliphatic imine (C=N–C) groups is 1. The van der Waals surface area contributed by atoms with Crippen LogP contribution < -0.4 is 16.0 Å². The minimum atomic E-state index is -0.0885. The van der Waals surface area contributed by atoms with Gasteiger partial charge in [0.1, 0.15) is 0 Å². The van der Waals surface area contributed by atoms with E-state index in [1.807, 2.05) is 0 Å². The molecular weight excluding hydrogens is 316 g/mol. The Morgan fingerprint density at radius 2 is 1.84 bits per heavy atom. The number of guanidine groups is 1. The van der Waals surface area contributed by atoms with Crippen molar-refractivity contribution >= 4 is 11.9 Å². The number of rotatable bonds is 9. The molecule has 0 aliphatic carbocycles. The van der Waals surface area contributed by atoms with Crippen molar-refractivity contribution < 1.29 is 9.53 Å². The molecule has 0 saturated carbocycles. The molecule has 25 heavy (non-hydrogen) atoms. The Bertz CT molecular complexity index is 553. The number of ether oxygens (including phenoxy) is 1. The van der Waals surface area contributed by atoms with Crippen LogP contribution in [0.5, 0.6) is 0 Å². The zero-order valence-corrected chi connectivity index (χ0v) is 16.1. The molecule has 1 aromatic rings. The summed E-state index contributed by atoms with van der Waals surface area (Å²) in [4.78, 5) is 15.9. The van der Waals surface area contributed by atoms with E-state index in [2.05, 4.69) is 66.0 Å². The van der Waals surface area contributed by atoms with Crippen molar-refractivity contribution in [2.75, 3.05) is 40.4 Å². The number of nitrogens with zero attached hydrogens (tertiary/aromatic N) is 1. The lowest BCUT2D eigenvalue weighted by molar-refractivity contribution is -0.120. The molecule has 0 saturated heterocycles. The first-order valence-corrected chi connectivity index (χ1v) is 8.72. The molecule has 0 bridgehead atoms. The number of hydrogen-bond acceptors (Lipinski definition) is 3. The molecule has 0 spiro atoms. The van der Waals surface area contributed by atoms with Crippen molar-refractivity contribution in [1.82, 2.24) is 16.0 Å². The zero-order valence-electron chi connectivity index (χ0n) is 16.1. The van der Waals surface area contributed by atoms with Gasteiger partial charge in [-0.15, -0.1) is 0 Å². The fraction of sp³-hybridized carbons (Fsp3) is 0.579. The van der Waals surface area contributed by atoms with Gasteiger partial charge >= 0.3 is 0 Å². The van der Waals surface area contributed by atoms with Gasteiger partial charge in [0.25, 0.3) is 0 Å². The monoisotopic (exact) mass is 348 g/mol. The Morgan fingerprint density at radius 3 is 2.40 bits per heavy atom. The predicted octanol–water partition coefficient (Wildman–Crippen LogP) is 1.45. The molecule has 0 atom stereocenters. The summed E-state index contributed by atoms with van der Waals surface area (Å²) < 4.78 is 4.90. The lowest BCUT2D eigenvalue weighted by atomic mass is 9.84. The maximum atomic E-state index is 11.7. The van der Waals surface area contributed by atoms with Crippen LogP contribution >= 0.6 is 0 Å². The van der Waals surface area contributed by atoms with Gasteiger partial charge in [-0.25, -0.2) is 0 Å². The third-order valence-corrected chi connectivity index (χ3v) is 4.11. The van der Waals surface area contributed by atoms with Crippen molar-refractivity contribution in [3.63, 3.8) is 0 Å². The fourth-order valence-corrected chi connectivity index (χ4v) is 2.34. The van der Waals surface area contributed by atoms with Crippen LogP contribution in [-0.2, 0) is 21.4 Å². The van der Waals surface area contributed by atoms with Crippen LogP contribution in [0.4, 0.5) is 0 Å². The number of methoxy groups -OCH3 is 1. The van der Waals surface area contributed by atoms with Gasteiger partial charge in [0.05, 0.1) is 13.2 Å². The lowest BCUT2D eigenvalue weighted by Gasteiger charge is -2.27. The number of carbonyl (C=O) groups is 1. The highest BCUT2D eigenvalue weighted by Gasteiger charge is 2.21. The Hall–Kier alpha value is -2.08. The summed E-state index contributed by atoms with van der Waals surface area (Å²) in [6.07, 6.45) is 1.04. The minimum Gasteiger partial charge on any atom is -0.383 e. The SMILES string of the molecule is CCc1ccc(C(C)(C)CNC(=NC)NCC(=O)NCCOC)cc1. The third-order valence-electron chi connectivity index (χ3n) is 4.11. The quantitative estimate of drug-likeness (QED) is 0.359. The number of benzene rings is 1. The van der Waals surface area contributed by atoms with Gasteiger partial charge in [0, 0.05) is 32.7 Å². The highest BCUT2D eigenvalue weighted by atomic mass is 16.5. The Balaban J connectivity index is 2.48. The van der Waals surface area contributed by atoms with Gasteiger partial charge in [-0.2, -0.15) is 0 Å². The van der Waals surface area contributed by atoms with E-state index in [1.54, 1.807) is 14.2 Å². The predicted molar refractivity (Wildman–Crippen MR) is 103 cm³/mol. The fourth-order valence-electron chi connectivity index (χ4n) is 2.34. The van der Waals surface area contributed by atoms with Gasteiger partial charge < -0.3 is 20.7 Å². The zero-order chi connectivity index (χ0) is 18.7. The first kappa shape index (κ1) is 21.0. The second-order valence-corrected chi connectivity index (χ2v) is 6.56. The molecule has 1 aromatic carbocycles. The standard InChI is InChI=1S/C19H32N4O2/c1-6-15-7-9-16(10-8-15)19(2,3)14-23-18(20-4)22-13-17(24)21-11-12-25-5/h7-10H,6,11-14H2,1-5H3,(H,21,24)(H2,20,22,23). The van der Waals surface area contributed by atoms with Gasteiger partial charge in [-0.1, -0.05) is 45.0 Å². The molecule has 0 unspecified atom stereocenters. The van der Waals surface area contributed by atoms with E-state index < -0.39 is 0 Å². The molecule has 0 aromatic heterocycles. The molecular formula is C19H32N4O2. The van der Waals surface area contributed by atoms with Gasteiger partial charge in [-0.05, 0) is 17.5 Å². The van der Waals surface area contributed by atoms with Crippen molar-refractivity contribution in [2.24, 2.45) is 4.99 Å². The molecule has 0 radical (unpaired) electrons. The van der Waals surface area contributed by atoms with Crippen LogP contribution in [0, 0.1) is 0 Å². The molecule has 1 amide bonds. The van der Waals surface area contributed by atoms with E-state index in [9.17, 15) is 4.79 Å². The maximum Gasteiger partial charge on any atom is 0.239 e. The van der Waals surface area contributed by atoms with Crippen LogP contribution in [0.25, 0.3) is 0 Å². The van der Waals surface area contributed by atoms with Crippen molar-refractivity contribution in [1.29, 1.82) is 0 Å². The summed E-state index contributed by atoms with van der Waals surface area (Å²) in [5.74, 6) is 0.523. The van der Waals surface area contributed by atoms with Gasteiger partial charge in [-0.3, -0.25) is 9.79 Å². The van der Waals surface area contributed by atoms with Crippen LogP contribution in [-0.4, -0.2) is 52.3 Å². The molecule has 3 N–H and O–H groups in total. The van der Waals surface area contributed by atoms with Crippen LogP contribution in [0.3, 0.4) is 0 Å². The average molecular weight is 348 g/mol. The second kappa shape index (κ2) is 10.7. The number of amides is 1. The van der Waals surface area contributed by atoms with E-state index in [1.165, 1.54) is 11.1 Å². The molecule has 0 heterocycles. The Morgan fingerprint density at radius 1 is 1.16 bits per heavy atom. The normalized spacial score (nSPS) is 12.0. The van der Waals surface area contributed by atoms with Crippen LogP contribution in [0.1, 0.15) is 31.9 Å². The second-order valence-electron chi connectivity index (χ2n) is 6.56. The summed E-state index contributed by atoms with van der Waals surface area (Å²) in [5, 5.41) is 9.08. The summed E-state index contributed by atoms with van der Waals surface area (Å²) >= 11 is 0. The minimum absolute atomic E-state index is 0.0510. The Labute approximate surface area is 151 Å². The third kappa shape index (κ3) is 7.56. The molecule has 140 valence electrons. The van der Waals surface area contributed by atoms with E-state index in [4.69, 9.17) is 4.74 Å². The summed E-state index contributed by atoms with van der Waals surface area (Å²) in [7, 11) is 3.30. The summed E-state index contributed by atoms with van der Waals surface area (Å²) in [6.45, 7) is 8.42. The number of hydrogen-bond donors (Lipinski definition) is 3. The molecule has 1 rings (SSSR count). The lowest BCUT2D eigenvalue weighted by Crippen LogP contribution is -2.46. The van der Waals surface area contributed by atoms with Gasteiger partial charge in [0.15, 0.2) is 5.96 Å². The van der Waals surface area contributed by atoms with Crippen molar-refractivity contribution in [3.05, 3.63) is 35.4 Å². The van der Waals surface area contributed by atoms with Crippen LogP contribution in [0.2, 0.25) is 0 Å². The largest absolute Gasteiger partial charge is 0.383 e. The van der Waals surface area contributed by atoms with E-state index in [0.29, 0.717) is 25.7 Å². The molecule has 6 heteroatoms. The first-order valence-electron chi connectivity index (χ1n) is 8.72. The summed E-state index contributed by atoms with van der Waals surface area (Å²) in [5.41, 5.74) is 2.55. The maximum absolute atomic E-state index is 11.7. The average Bonchev–Trinajstić information content (AvgIpc) is 2.62. The van der Waals surface area contributed by atoms with E-state index >= 15 is 0 Å². The molecule has 6 nitrogen and oxygen atoms in total. The van der Waals surface area contributed by atoms with Crippen molar-refractivity contribution in [3.8, 4) is 0 Å². The Kier molecular flexibility index (Phi) is 8.99. The molecule has 0 fully saturated rings. The number of aryl methyl sites for hydroxylation is 1. The number of nitrogens with one attached hydrogen (secondary N) is 3.